The van der Waals surface area contributed by atoms with Crippen LogP contribution in [0.1, 0.15) is 31.1 Å². The molecule has 0 saturated heterocycles. The second-order valence-corrected chi connectivity index (χ2v) is 3.46. The van der Waals surface area contributed by atoms with Crippen molar-refractivity contribution in [1.82, 2.24) is 0 Å². The number of hydrogen-bond acceptors (Lipinski definition) is 2. The fraction of sp³-hybridized carbons (Fsp3) is 0.417. The van der Waals surface area contributed by atoms with Crippen LogP contribution in [-0.2, 0) is 16.0 Å². The van der Waals surface area contributed by atoms with Gasteiger partial charge in [0, 0.05) is 13.5 Å². The van der Waals surface area contributed by atoms with Crippen LogP contribution >= 0.6 is 0 Å². The molecule has 2 nitrogen and oxygen atoms in total. The number of benzene rings is 1. The summed E-state index contributed by atoms with van der Waals surface area (Å²) in [6.45, 7) is 3.59. The Balaban J connectivity index is 2.96. The van der Waals surface area contributed by atoms with E-state index in [1.807, 2.05) is 31.2 Å². The van der Waals surface area contributed by atoms with E-state index < -0.39 is 0 Å². The average molecular weight is 192 g/mol. The van der Waals surface area contributed by atoms with Crippen molar-refractivity contribution in [2.75, 3.05) is 7.11 Å². The Bertz CT molecular complexity index is 318. The summed E-state index contributed by atoms with van der Waals surface area (Å²) in [4.78, 5) is 11.0. The van der Waals surface area contributed by atoms with Crippen LogP contribution in [-0.4, -0.2) is 12.9 Å². The maximum absolute atomic E-state index is 11.0. The van der Waals surface area contributed by atoms with Gasteiger partial charge in [0.15, 0.2) is 0 Å². The quantitative estimate of drug-likeness (QED) is 0.732. The number of ether oxygens (including phenoxy) is 1. The summed E-state index contributed by atoms with van der Waals surface area (Å²) in [7, 11) is 1.68. The van der Waals surface area contributed by atoms with Gasteiger partial charge in [-0.05, 0) is 25.0 Å². The van der Waals surface area contributed by atoms with Gasteiger partial charge in [0.2, 0.25) is 0 Å². The fourth-order valence-corrected chi connectivity index (χ4v) is 1.49. The molecule has 0 aliphatic rings. The van der Waals surface area contributed by atoms with E-state index in [2.05, 4.69) is 0 Å². The minimum absolute atomic E-state index is 0.0468. The first-order valence-electron chi connectivity index (χ1n) is 4.75. The zero-order valence-electron chi connectivity index (χ0n) is 8.91. The van der Waals surface area contributed by atoms with Gasteiger partial charge in [-0.25, -0.2) is 0 Å². The van der Waals surface area contributed by atoms with Crippen LogP contribution < -0.4 is 0 Å². The van der Waals surface area contributed by atoms with Crippen LogP contribution in [0.3, 0.4) is 0 Å². The SMILES string of the molecule is COC(C)c1ccccc1CC(C)=O. The summed E-state index contributed by atoms with van der Waals surface area (Å²) in [5.74, 6) is 0.181. The standard InChI is InChI=1S/C12H16O2/c1-9(13)8-11-6-4-5-7-12(11)10(2)14-3/h4-7,10H,8H2,1-3H3. The molecule has 0 saturated carbocycles. The molecule has 0 aliphatic carbocycles. The molecule has 1 aromatic carbocycles. The van der Waals surface area contributed by atoms with E-state index >= 15 is 0 Å². The highest BCUT2D eigenvalue weighted by Gasteiger charge is 2.09. The molecule has 0 aliphatic heterocycles. The second kappa shape index (κ2) is 4.91. The Kier molecular flexibility index (Phi) is 3.84. The average Bonchev–Trinajstić information content (AvgIpc) is 2.16. The van der Waals surface area contributed by atoms with E-state index in [4.69, 9.17) is 4.74 Å². The fourth-order valence-electron chi connectivity index (χ4n) is 1.49. The number of hydrogen-bond donors (Lipinski definition) is 0. The van der Waals surface area contributed by atoms with Crippen molar-refractivity contribution < 1.29 is 9.53 Å². The third-order valence-electron chi connectivity index (χ3n) is 2.29. The molecule has 0 heterocycles. The van der Waals surface area contributed by atoms with E-state index in [-0.39, 0.29) is 11.9 Å². The normalized spacial score (nSPS) is 12.5. The van der Waals surface area contributed by atoms with Crippen LogP contribution in [0.25, 0.3) is 0 Å². The van der Waals surface area contributed by atoms with Crippen LogP contribution in [0, 0.1) is 0 Å². The van der Waals surface area contributed by atoms with Crippen molar-refractivity contribution in [1.29, 1.82) is 0 Å². The molecular formula is C12H16O2. The third kappa shape index (κ3) is 2.67. The van der Waals surface area contributed by atoms with E-state index in [1.165, 1.54) is 0 Å². The van der Waals surface area contributed by atoms with Crippen molar-refractivity contribution in [3.05, 3.63) is 35.4 Å². The molecule has 2 heteroatoms. The summed E-state index contributed by atoms with van der Waals surface area (Å²) >= 11 is 0. The van der Waals surface area contributed by atoms with Gasteiger partial charge in [-0.2, -0.15) is 0 Å². The van der Waals surface area contributed by atoms with Crippen molar-refractivity contribution in [2.24, 2.45) is 0 Å². The highest BCUT2D eigenvalue weighted by Crippen LogP contribution is 2.20. The molecule has 1 unspecified atom stereocenters. The monoisotopic (exact) mass is 192 g/mol. The topological polar surface area (TPSA) is 26.3 Å². The lowest BCUT2D eigenvalue weighted by Crippen LogP contribution is -2.04. The first-order chi connectivity index (χ1) is 6.65. The molecule has 1 rings (SSSR count). The van der Waals surface area contributed by atoms with Gasteiger partial charge in [-0.1, -0.05) is 24.3 Å². The van der Waals surface area contributed by atoms with Crippen LogP contribution in [0.5, 0.6) is 0 Å². The Hall–Kier alpha value is -1.15. The smallest absolute Gasteiger partial charge is 0.134 e. The molecule has 0 radical (unpaired) electrons. The van der Waals surface area contributed by atoms with Gasteiger partial charge in [0.05, 0.1) is 6.10 Å². The zero-order chi connectivity index (χ0) is 10.6. The number of rotatable bonds is 4. The Morgan fingerprint density at radius 2 is 2.07 bits per heavy atom. The predicted octanol–water partition coefficient (Wildman–Crippen LogP) is 2.53. The van der Waals surface area contributed by atoms with Crippen LogP contribution in [0.4, 0.5) is 0 Å². The number of carbonyl (C=O) groups is 1. The van der Waals surface area contributed by atoms with Gasteiger partial charge in [-0.3, -0.25) is 4.79 Å². The molecule has 76 valence electrons. The lowest BCUT2D eigenvalue weighted by atomic mass is 9.99. The molecule has 1 aromatic rings. The summed E-state index contributed by atoms with van der Waals surface area (Å²) < 4.78 is 5.25. The van der Waals surface area contributed by atoms with E-state index in [0.29, 0.717) is 6.42 Å². The Morgan fingerprint density at radius 1 is 1.43 bits per heavy atom. The van der Waals surface area contributed by atoms with Gasteiger partial charge >= 0.3 is 0 Å². The molecule has 0 amide bonds. The van der Waals surface area contributed by atoms with Gasteiger partial charge < -0.3 is 4.74 Å². The molecule has 0 N–H and O–H groups in total. The lowest BCUT2D eigenvalue weighted by Gasteiger charge is -2.13. The van der Waals surface area contributed by atoms with Gasteiger partial charge in [-0.15, -0.1) is 0 Å². The summed E-state index contributed by atoms with van der Waals surface area (Å²) in [5.41, 5.74) is 2.17. The predicted molar refractivity (Wildman–Crippen MR) is 56.3 cm³/mol. The number of Topliss-reactive ketones (excluding diaryl/α,β-unsaturated/α-hetero) is 1. The number of carbonyl (C=O) groups excluding carboxylic acids is 1. The molecule has 0 bridgehead atoms. The van der Waals surface area contributed by atoms with Crippen LogP contribution in [0.15, 0.2) is 24.3 Å². The largest absolute Gasteiger partial charge is 0.377 e. The van der Waals surface area contributed by atoms with Gasteiger partial charge in [0.1, 0.15) is 5.78 Å². The first kappa shape index (κ1) is 10.9. The molecule has 0 fully saturated rings. The molecular weight excluding hydrogens is 176 g/mol. The molecule has 0 spiro atoms. The van der Waals surface area contributed by atoms with Crippen molar-refractivity contribution in [3.8, 4) is 0 Å². The Morgan fingerprint density at radius 3 is 2.64 bits per heavy atom. The molecule has 1 atom stereocenters. The van der Waals surface area contributed by atoms with Gasteiger partial charge in [0.25, 0.3) is 0 Å². The van der Waals surface area contributed by atoms with E-state index in [0.717, 1.165) is 11.1 Å². The minimum atomic E-state index is 0.0468. The number of ketones is 1. The zero-order valence-corrected chi connectivity index (χ0v) is 8.91. The maximum Gasteiger partial charge on any atom is 0.134 e. The first-order valence-corrected chi connectivity index (χ1v) is 4.75. The van der Waals surface area contributed by atoms with E-state index in [1.54, 1.807) is 14.0 Å². The second-order valence-electron chi connectivity index (χ2n) is 3.46. The highest BCUT2D eigenvalue weighted by atomic mass is 16.5. The van der Waals surface area contributed by atoms with Crippen molar-refractivity contribution >= 4 is 5.78 Å². The highest BCUT2D eigenvalue weighted by molar-refractivity contribution is 5.78. The van der Waals surface area contributed by atoms with Crippen LogP contribution in [0.2, 0.25) is 0 Å². The summed E-state index contributed by atoms with van der Waals surface area (Å²) in [6, 6.07) is 7.90. The van der Waals surface area contributed by atoms with Crippen molar-refractivity contribution in [3.63, 3.8) is 0 Å². The number of methoxy groups -OCH3 is 1. The van der Waals surface area contributed by atoms with Crippen molar-refractivity contribution in [2.45, 2.75) is 26.4 Å². The van der Waals surface area contributed by atoms with E-state index in [9.17, 15) is 4.79 Å². The lowest BCUT2D eigenvalue weighted by molar-refractivity contribution is -0.116. The third-order valence-corrected chi connectivity index (χ3v) is 2.29. The molecule has 0 aromatic heterocycles. The summed E-state index contributed by atoms with van der Waals surface area (Å²) in [5, 5.41) is 0. The maximum atomic E-state index is 11.0. The Labute approximate surface area is 84.9 Å². The molecule has 14 heavy (non-hydrogen) atoms. The minimum Gasteiger partial charge on any atom is -0.377 e. The summed E-state index contributed by atoms with van der Waals surface area (Å²) in [6.07, 6.45) is 0.537.